The van der Waals surface area contributed by atoms with Crippen LogP contribution in [0.3, 0.4) is 0 Å². The molecule has 124 valence electrons. The number of fused-ring (bicyclic) bond motifs is 1. The van der Waals surface area contributed by atoms with E-state index >= 15 is 0 Å². The number of rotatable bonds is 2. The molecular formula is C15H11BrClFN4O2. The fourth-order valence-corrected chi connectivity index (χ4v) is 3.38. The molecule has 1 fully saturated rings. The maximum absolute atomic E-state index is 14.4. The molecule has 1 aromatic carbocycles. The summed E-state index contributed by atoms with van der Waals surface area (Å²) >= 11 is 9.20. The molecule has 2 N–H and O–H groups in total. The third-order valence-corrected chi connectivity index (χ3v) is 4.72. The number of nitrogens with two attached hydrogens (primary N) is 1. The second kappa shape index (κ2) is 6.42. The Morgan fingerprint density at radius 1 is 1.58 bits per heavy atom. The molecule has 9 heteroatoms. The Morgan fingerprint density at radius 2 is 2.33 bits per heavy atom. The Balaban J connectivity index is 2.15. The highest BCUT2D eigenvalue weighted by atomic mass is 79.9. The van der Waals surface area contributed by atoms with Gasteiger partial charge in [0.15, 0.2) is 5.82 Å². The van der Waals surface area contributed by atoms with Crippen LogP contribution in [0.25, 0.3) is 10.9 Å². The lowest BCUT2D eigenvalue weighted by atomic mass is 10.1. The van der Waals surface area contributed by atoms with Crippen molar-refractivity contribution in [2.24, 2.45) is 5.73 Å². The van der Waals surface area contributed by atoms with Crippen LogP contribution < -0.4 is 10.6 Å². The van der Waals surface area contributed by atoms with Crippen molar-refractivity contribution in [2.75, 3.05) is 18.0 Å². The Kier molecular flexibility index (Phi) is 4.47. The molecule has 1 unspecified atom stereocenters. The van der Waals surface area contributed by atoms with Crippen molar-refractivity contribution in [1.82, 2.24) is 4.98 Å². The Labute approximate surface area is 150 Å². The number of amides is 1. The fraction of sp³-hybridized carbons (Fsp3) is 0.267. The predicted molar refractivity (Wildman–Crippen MR) is 90.4 cm³/mol. The molecule has 0 radical (unpaired) electrons. The van der Waals surface area contributed by atoms with Crippen LogP contribution in [0.1, 0.15) is 12.0 Å². The lowest BCUT2D eigenvalue weighted by Crippen LogP contribution is -2.27. The standard InChI is InChI=1S/C15H11BrClFN4O2/c16-10-2-1-8-12(11(10)18)21-14(17)9(5-19)13(8)22-4-3-7(6-22)24-15(20)23/h1-2,7H,3-4,6H2,(H2,20,23). The van der Waals surface area contributed by atoms with Gasteiger partial charge < -0.3 is 15.4 Å². The van der Waals surface area contributed by atoms with E-state index in [1.807, 2.05) is 11.0 Å². The van der Waals surface area contributed by atoms with Crippen LogP contribution in [-0.4, -0.2) is 30.3 Å². The lowest BCUT2D eigenvalue weighted by molar-refractivity contribution is 0.117. The molecule has 1 atom stereocenters. The first-order valence-electron chi connectivity index (χ1n) is 7.00. The summed E-state index contributed by atoms with van der Waals surface area (Å²) in [4.78, 5) is 16.8. The molecule has 0 bridgehead atoms. The number of benzene rings is 1. The fourth-order valence-electron chi connectivity index (χ4n) is 2.85. The maximum Gasteiger partial charge on any atom is 0.404 e. The van der Waals surface area contributed by atoms with Crippen molar-refractivity contribution in [1.29, 1.82) is 5.26 Å². The van der Waals surface area contributed by atoms with Gasteiger partial charge >= 0.3 is 6.09 Å². The summed E-state index contributed by atoms with van der Waals surface area (Å²) in [6.45, 7) is 0.852. The van der Waals surface area contributed by atoms with E-state index in [0.717, 1.165) is 0 Å². The molecule has 1 aliphatic heterocycles. The van der Waals surface area contributed by atoms with Crippen LogP contribution in [0, 0.1) is 17.1 Å². The molecule has 2 aromatic rings. The average Bonchev–Trinajstić information content (AvgIpc) is 2.97. The Morgan fingerprint density at radius 3 is 3.00 bits per heavy atom. The molecule has 1 aromatic heterocycles. The van der Waals surface area contributed by atoms with E-state index in [1.54, 1.807) is 12.1 Å². The van der Waals surface area contributed by atoms with Crippen LogP contribution in [-0.2, 0) is 4.74 Å². The van der Waals surface area contributed by atoms with Crippen LogP contribution in [0.5, 0.6) is 0 Å². The third kappa shape index (κ3) is 2.85. The number of halogens is 3. The first-order chi connectivity index (χ1) is 11.4. The van der Waals surface area contributed by atoms with Crippen molar-refractivity contribution in [3.05, 3.63) is 33.1 Å². The van der Waals surface area contributed by atoms with Gasteiger partial charge in [0.05, 0.1) is 16.7 Å². The molecule has 1 amide bonds. The molecule has 3 rings (SSSR count). The van der Waals surface area contributed by atoms with Gasteiger partial charge in [0, 0.05) is 18.4 Å². The molecule has 24 heavy (non-hydrogen) atoms. The number of nitrogens with zero attached hydrogens (tertiary/aromatic N) is 3. The van der Waals surface area contributed by atoms with E-state index in [2.05, 4.69) is 20.9 Å². The molecule has 0 saturated carbocycles. The van der Waals surface area contributed by atoms with Crippen LogP contribution in [0.4, 0.5) is 14.9 Å². The van der Waals surface area contributed by atoms with E-state index in [0.29, 0.717) is 30.6 Å². The Hall–Kier alpha value is -2.11. The van der Waals surface area contributed by atoms with Crippen molar-refractivity contribution in [2.45, 2.75) is 12.5 Å². The van der Waals surface area contributed by atoms with Gasteiger partial charge in [0.25, 0.3) is 0 Å². The van der Waals surface area contributed by atoms with E-state index in [9.17, 15) is 14.4 Å². The largest absolute Gasteiger partial charge is 0.444 e. The van der Waals surface area contributed by atoms with Gasteiger partial charge in [-0.15, -0.1) is 0 Å². The highest BCUT2D eigenvalue weighted by molar-refractivity contribution is 9.10. The minimum Gasteiger partial charge on any atom is -0.444 e. The van der Waals surface area contributed by atoms with E-state index in [4.69, 9.17) is 22.1 Å². The average molecular weight is 414 g/mol. The van der Waals surface area contributed by atoms with Crippen LogP contribution >= 0.6 is 27.5 Å². The molecule has 6 nitrogen and oxygen atoms in total. The number of carbonyl (C=O) groups excluding carboxylic acids is 1. The van der Waals surface area contributed by atoms with E-state index in [-0.39, 0.29) is 20.7 Å². The third-order valence-electron chi connectivity index (χ3n) is 3.83. The highest BCUT2D eigenvalue weighted by Crippen LogP contribution is 2.38. The normalized spacial score (nSPS) is 17.1. The molecule has 1 aliphatic rings. The zero-order chi connectivity index (χ0) is 17.4. The van der Waals surface area contributed by atoms with Crippen LogP contribution in [0.15, 0.2) is 16.6 Å². The van der Waals surface area contributed by atoms with Gasteiger partial charge in [-0.05, 0) is 28.1 Å². The number of pyridine rings is 1. The Bertz CT molecular complexity index is 886. The lowest BCUT2D eigenvalue weighted by Gasteiger charge is -2.22. The van der Waals surface area contributed by atoms with Crippen molar-refractivity contribution in [3.8, 4) is 6.07 Å². The summed E-state index contributed by atoms with van der Waals surface area (Å²) in [6, 6.07) is 5.24. The number of aromatic nitrogens is 1. The van der Waals surface area contributed by atoms with Gasteiger partial charge in [-0.1, -0.05) is 11.6 Å². The minimum atomic E-state index is -0.852. The summed E-state index contributed by atoms with van der Waals surface area (Å²) in [5.74, 6) is -0.552. The van der Waals surface area contributed by atoms with Gasteiger partial charge in [-0.3, -0.25) is 0 Å². The first kappa shape index (κ1) is 16.7. The molecule has 2 heterocycles. The number of anilines is 1. The van der Waals surface area contributed by atoms with Gasteiger partial charge in [0.2, 0.25) is 0 Å². The number of hydrogen-bond acceptors (Lipinski definition) is 5. The molecule has 0 aliphatic carbocycles. The van der Waals surface area contributed by atoms with Crippen molar-refractivity contribution in [3.63, 3.8) is 0 Å². The van der Waals surface area contributed by atoms with Gasteiger partial charge in [-0.2, -0.15) is 5.26 Å². The topological polar surface area (TPSA) is 92.2 Å². The summed E-state index contributed by atoms with van der Waals surface area (Å²) in [5, 5.41) is 9.84. The summed E-state index contributed by atoms with van der Waals surface area (Å²) in [7, 11) is 0. The van der Waals surface area contributed by atoms with Crippen molar-refractivity contribution < 1.29 is 13.9 Å². The quantitative estimate of drug-likeness (QED) is 0.762. The van der Waals surface area contributed by atoms with Gasteiger partial charge in [0.1, 0.15) is 28.4 Å². The second-order valence-electron chi connectivity index (χ2n) is 5.29. The van der Waals surface area contributed by atoms with Crippen molar-refractivity contribution >= 4 is 50.2 Å². The SMILES string of the molecule is N#Cc1c(Cl)nc2c(F)c(Br)ccc2c1N1CCC(OC(N)=O)C1. The second-order valence-corrected chi connectivity index (χ2v) is 6.50. The van der Waals surface area contributed by atoms with Crippen LogP contribution in [0.2, 0.25) is 5.15 Å². The predicted octanol–water partition coefficient (Wildman–Crippen LogP) is 3.34. The number of carbonyl (C=O) groups is 1. The number of primary amides is 1. The van der Waals surface area contributed by atoms with Gasteiger partial charge in [-0.25, -0.2) is 14.2 Å². The number of hydrogen-bond donors (Lipinski definition) is 1. The molecule has 0 spiro atoms. The highest BCUT2D eigenvalue weighted by Gasteiger charge is 2.30. The van der Waals surface area contributed by atoms with E-state index in [1.165, 1.54) is 0 Å². The maximum atomic E-state index is 14.4. The summed E-state index contributed by atoms with van der Waals surface area (Å²) < 4.78 is 19.6. The zero-order valence-corrected chi connectivity index (χ0v) is 14.6. The summed E-state index contributed by atoms with van der Waals surface area (Å²) in [5.41, 5.74) is 5.76. The minimum absolute atomic E-state index is 0.0719. The number of nitriles is 1. The molecule has 1 saturated heterocycles. The first-order valence-corrected chi connectivity index (χ1v) is 8.17. The van der Waals surface area contributed by atoms with E-state index < -0.39 is 18.0 Å². The summed E-state index contributed by atoms with van der Waals surface area (Å²) in [6.07, 6.45) is -0.694. The monoisotopic (exact) mass is 412 g/mol. The zero-order valence-electron chi connectivity index (χ0n) is 12.2. The number of ether oxygens (including phenoxy) is 1. The molecular weight excluding hydrogens is 403 g/mol. The smallest absolute Gasteiger partial charge is 0.404 e.